The molecule has 0 aromatic rings. The van der Waals surface area contributed by atoms with Gasteiger partial charge in [0.2, 0.25) is 0 Å². The fraction of sp³-hybridized carbons (Fsp3) is 0.750. The first-order chi connectivity index (χ1) is 3.83. The lowest BCUT2D eigenvalue weighted by atomic mass is 10.6. The van der Waals surface area contributed by atoms with Gasteiger partial charge < -0.3 is 0 Å². The Kier molecular flexibility index (Phi) is 1.45. The maximum atomic E-state index is 8.28. The molecule has 1 heterocycles. The molecule has 1 aliphatic rings. The highest BCUT2D eigenvalue weighted by Gasteiger charge is 2.08. The van der Waals surface area contributed by atoms with E-state index in [4.69, 9.17) is 5.21 Å². The molecule has 0 amide bonds. The number of nitrogens with one attached hydrogen (secondary N) is 1. The van der Waals surface area contributed by atoms with Crippen LogP contribution in [0.2, 0.25) is 0 Å². The van der Waals surface area contributed by atoms with Crippen molar-refractivity contribution < 1.29 is 5.21 Å². The van der Waals surface area contributed by atoms with Gasteiger partial charge in [-0.2, -0.15) is 0 Å². The van der Waals surface area contributed by atoms with Gasteiger partial charge >= 0.3 is 0 Å². The Bertz CT molecular complexity index is 112. The molecular formula is C4H9N3O. The molecule has 0 unspecified atom stereocenters. The van der Waals surface area contributed by atoms with Crippen molar-refractivity contribution in [2.75, 3.05) is 20.3 Å². The van der Waals surface area contributed by atoms with Gasteiger partial charge in [-0.1, -0.05) is 0 Å². The summed E-state index contributed by atoms with van der Waals surface area (Å²) in [6, 6.07) is 0. The summed E-state index contributed by atoms with van der Waals surface area (Å²) in [5.41, 5.74) is 2.00. The number of amidine groups is 1. The van der Waals surface area contributed by atoms with Crippen LogP contribution in [0.3, 0.4) is 0 Å². The van der Waals surface area contributed by atoms with E-state index in [2.05, 4.69) is 4.99 Å². The predicted molar refractivity (Wildman–Crippen MR) is 29.9 cm³/mol. The molecule has 1 rings (SSSR count). The molecular weight excluding hydrogens is 106 g/mol. The van der Waals surface area contributed by atoms with Gasteiger partial charge in [0.05, 0.1) is 13.2 Å². The molecule has 0 spiro atoms. The number of hydrogen-bond acceptors (Lipinski definition) is 4. The standard InChI is InChI=1S/C4H9N3O/c1-7-2-4(6-8)5-3-7/h8H,2-3H2,1H3,(H,5,6). The molecule has 4 nitrogen and oxygen atoms in total. The van der Waals surface area contributed by atoms with E-state index in [0.717, 1.165) is 6.54 Å². The molecule has 4 heteroatoms. The first kappa shape index (κ1) is 5.53. The predicted octanol–water partition coefficient (Wildman–Crippen LogP) is -0.733. The lowest BCUT2D eigenvalue weighted by molar-refractivity contribution is 0.231. The third kappa shape index (κ3) is 0.962. The zero-order valence-electron chi connectivity index (χ0n) is 4.76. The molecule has 0 fully saturated rings. The van der Waals surface area contributed by atoms with Crippen LogP contribution in [-0.2, 0) is 0 Å². The highest BCUT2D eigenvalue weighted by atomic mass is 16.5. The van der Waals surface area contributed by atoms with Crippen LogP contribution in [0.25, 0.3) is 0 Å². The SMILES string of the molecule is CN1CN=C(NO)C1. The van der Waals surface area contributed by atoms with Gasteiger partial charge in [0, 0.05) is 0 Å². The fourth-order valence-electron chi connectivity index (χ4n) is 0.632. The van der Waals surface area contributed by atoms with Crippen LogP contribution in [-0.4, -0.2) is 36.2 Å². The average Bonchev–Trinajstić information content (AvgIpc) is 2.14. The van der Waals surface area contributed by atoms with E-state index in [1.165, 1.54) is 0 Å². The number of nitrogens with zero attached hydrogens (tertiary/aromatic N) is 2. The summed E-state index contributed by atoms with van der Waals surface area (Å²) in [7, 11) is 1.94. The van der Waals surface area contributed by atoms with E-state index in [1.54, 1.807) is 0 Å². The molecule has 2 N–H and O–H groups in total. The van der Waals surface area contributed by atoms with Gasteiger partial charge in [0.15, 0.2) is 0 Å². The first-order valence-electron chi connectivity index (χ1n) is 2.45. The smallest absolute Gasteiger partial charge is 0.136 e. The average molecular weight is 115 g/mol. The Balaban J connectivity index is 2.37. The fourth-order valence-corrected chi connectivity index (χ4v) is 0.632. The Morgan fingerprint density at radius 1 is 1.88 bits per heavy atom. The summed E-state index contributed by atoms with van der Waals surface area (Å²) < 4.78 is 0. The molecule has 0 atom stereocenters. The Labute approximate surface area is 47.8 Å². The van der Waals surface area contributed by atoms with Gasteiger partial charge in [-0.25, -0.2) is 0 Å². The summed E-state index contributed by atoms with van der Waals surface area (Å²) in [6.07, 6.45) is 0. The summed E-state index contributed by atoms with van der Waals surface area (Å²) in [4.78, 5) is 5.90. The summed E-state index contributed by atoms with van der Waals surface area (Å²) in [5, 5.41) is 8.28. The van der Waals surface area contributed by atoms with Crippen molar-refractivity contribution in [1.82, 2.24) is 10.4 Å². The summed E-state index contributed by atoms with van der Waals surface area (Å²) in [6.45, 7) is 1.40. The van der Waals surface area contributed by atoms with Crippen LogP contribution in [0.5, 0.6) is 0 Å². The summed E-state index contributed by atoms with van der Waals surface area (Å²) in [5.74, 6) is 0.646. The second-order valence-corrected chi connectivity index (χ2v) is 1.87. The number of likely N-dealkylation sites (N-methyl/N-ethyl adjacent to an activating group) is 1. The van der Waals surface area contributed by atoms with Gasteiger partial charge in [-0.15, -0.1) is 0 Å². The van der Waals surface area contributed by atoms with E-state index in [-0.39, 0.29) is 0 Å². The molecule has 46 valence electrons. The minimum absolute atomic E-state index is 0.646. The lowest BCUT2D eigenvalue weighted by Gasteiger charge is -2.02. The third-order valence-corrected chi connectivity index (χ3v) is 1.05. The zero-order chi connectivity index (χ0) is 5.98. The van der Waals surface area contributed by atoms with Crippen molar-refractivity contribution in [3.8, 4) is 0 Å². The molecule has 0 saturated heterocycles. The Morgan fingerprint density at radius 3 is 2.88 bits per heavy atom. The van der Waals surface area contributed by atoms with Crippen LogP contribution in [0, 0.1) is 0 Å². The van der Waals surface area contributed by atoms with Crippen LogP contribution in [0.4, 0.5) is 0 Å². The van der Waals surface area contributed by atoms with Crippen molar-refractivity contribution in [2.45, 2.75) is 0 Å². The van der Waals surface area contributed by atoms with Crippen molar-refractivity contribution >= 4 is 5.84 Å². The second kappa shape index (κ2) is 2.11. The normalized spacial score (nSPS) is 21.0. The van der Waals surface area contributed by atoms with Crippen LogP contribution < -0.4 is 5.48 Å². The Hall–Kier alpha value is -0.610. The lowest BCUT2D eigenvalue weighted by Crippen LogP contribution is -2.26. The van der Waals surface area contributed by atoms with Crippen molar-refractivity contribution in [2.24, 2.45) is 4.99 Å². The Morgan fingerprint density at radius 2 is 2.62 bits per heavy atom. The molecule has 0 bridgehead atoms. The van der Waals surface area contributed by atoms with Gasteiger partial charge in [0.1, 0.15) is 5.84 Å². The topological polar surface area (TPSA) is 47.9 Å². The van der Waals surface area contributed by atoms with E-state index in [1.807, 2.05) is 17.4 Å². The van der Waals surface area contributed by atoms with Gasteiger partial charge in [0.25, 0.3) is 0 Å². The molecule has 8 heavy (non-hydrogen) atoms. The van der Waals surface area contributed by atoms with Gasteiger partial charge in [-0.3, -0.25) is 20.6 Å². The molecule has 0 aromatic carbocycles. The van der Waals surface area contributed by atoms with E-state index in [9.17, 15) is 0 Å². The highest BCUT2D eigenvalue weighted by Crippen LogP contribution is 1.92. The molecule has 0 aromatic heterocycles. The second-order valence-electron chi connectivity index (χ2n) is 1.87. The van der Waals surface area contributed by atoms with E-state index in [0.29, 0.717) is 12.5 Å². The maximum Gasteiger partial charge on any atom is 0.136 e. The number of hydrogen-bond donors (Lipinski definition) is 2. The molecule has 0 aliphatic carbocycles. The van der Waals surface area contributed by atoms with E-state index < -0.39 is 0 Å². The minimum atomic E-state index is 0.646. The third-order valence-electron chi connectivity index (χ3n) is 1.05. The molecule has 0 saturated carbocycles. The maximum absolute atomic E-state index is 8.28. The van der Waals surface area contributed by atoms with Crippen molar-refractivity contribution in [1.29, 1.82) is 0 Å². The van der Waals surface area contributed by atoms with Gasteiger partial charge in [-0.05, 0) is 7.05 Å². The van der Waals surface area contributed by atoms with Crippen LogP contribution in [0.1, 0.15) is 0 Å². The monoisotopic (exact) mass is 115 g/mol. The zero-order valence-corrected chi connectivity index (χ0v) is 4.76. The minimum Gasteiger partial charge on any atom is -0.290 e. The number of aliphatic imine (C=N–C) groups is 1. The largest absolute Gasteiger partial charge is 0.290 e. The van der Waals surface area contributed by atoms with Crippen LogP contribution in [0.15, 0.2) is 4.99 Å². The van der Waals surface area contributed by atoms with Crippen molar-refractivity contribution in [3.05, 3.63) is 0 Å². The molecule has 0 radical (unpaired) electrons. The quantitative estimate of drug-likeness (QED) is 0.409. The highest BCUT2D eigenvalue weighted by molar-refractivity contribution is 5.84. The summed E-state index contributed by atoms with van der Waals surface area (Å²) >= 11 is 0. The first-order valence-corrected chi connectivity index (χ1v) is 2.45. The van der Waals surface area contributed by atoms with Crippen LogP contribution >= 0.6 is 0 Å². The number of rotatable bonds is 0. The number of hydroxylamine groups is 1. The van der Waals surface area contributed by atoms with E-state index >= 15 is 0 Å². The van der Waals surface area contributed by atoms with Crippen molar-refractivity contribution in [3.63, 3.8) is 0 Å². The molecule has 1 aliphatic heterocycles.